The Kier molecular flexibility index (Phi) is 5.20. The first kappa shape index (κ1) is 12.9. The molecule has 1 aromatic carbocycles. The predicted octanol–water partition coefficient (Wildman–Crippen LogP) is 2.45. The molecule has 0 amide bonds. The third-order valence-corrected chi connectivity index (χ3v) is 2.94. The molecule has 0 saturated carbocycles. The Bertz CT molecular complexity index is 342. The molecule has 88 valence electrons. The lowest BCUT2D eigenvalue weighted by Gasteiger charge is -2.17. The van der Waals surface area contributed by atoms with Crippen molar-refractivity contribution in [3.05, 3.63) is 35.4 Å². The highest BCUT2D eigenvalue weighted by Gasteiger charge is 2.09. The molecule has 0 fully saturated rings. The fraction of sp³-hybridized carbons (Fsp3) is 0.500. The minimum absolute atomic E-state index is 0.304. The molecule has 0 bridgehead atoms. The average molecular weight is 219 g/mol. The van der Waals surface area contributed by atoms with Crippen molar-refractivity contribution in [2.24, 2.45) is 0 Å². The largest absolute Gasteiger partial charge is 0.298 e. The molecule has 0 atom stereocenters. The fourth-order valence-electron chi connectivity index (χ4n) is 1.77. The van der Waals surface area contributed by atoms with Crippen LogP contribution in [0.3, 0.4) is 0 Å². The number of aryl methyl sites for hydroxylation is 1. The van der Waals surface area contributed by atoms with Crippen molar-refractivity contribution in [1.29, 1.82) is 0 Å². The summed E-state index contributed by atoms with van der Waals surface area (Å²) in [5.41, 5.74) is 2.36. The van der Waals surface area contributed by atoms with Crippen molar-refractivity contribution in [3.8, 4) is 0 Å². The second-order valence-corrected chi connectivity index (χ2v) is 4.10. The van der Waals surface area contributed by atoms with Gasteiger partial charge in [-0.05, 0) is 31.1 Å². The SMILES string of the molecule is CCN(CC)CC(=O)Cc1ccccc1C. The maximum Gasteiger partial charge on any atom is 0.151 e. The maximum absolute atomic E-state index is 11.9. The van der Waals surface area contributed by atoms with Gasteiger partial charge in [-0.25, -0.2) is 0 Å². The van der Waals surface area contributed by atoms with Crippen LogP contribution >= 0.6 is 0 Å². The van der Waals surface area contributed by atoms with Gasteiger partial charge in [0.2, 0.25) is 0 Å². The van der Waals surface area contributed by atoms with Gasteiger partial charge in [0.05, 0.1) is 6.54 Å². The number of hydrogen-bond donors (Lipinski definition) is 0. The Morgan fingerprint density at radius 1 is 1.19 bits per heavy atom. The van der Waals surface area contributed by atoms with Gasteiger partial charge in [-0.3, -0.25) is 9.69 Å². The Morgan fingerprint density at radius 3 is 2.38 bits per heavy atom. The van der Waals surface area contributed by atoms with Crippen LogP contribution in [0.5, 0.6) is 0 Å². The zero-order valence-electron chi connectivity index (χ0n) is 10.5. The van der Waals surface area contributed by atoms with E-state index < -0.39 is 0 Å². The highest BCUT2D eigenvalue weighted by atomic mass is 16.1. The smallest absolute Gasteiger partial charge is 0.151 e. The van der Waals surface area contributed by atoms with E-state index in [1.807, 2.05) is 18.2 Å². The number of likely N-dealkylation sites (N-methyl/N-ethyl adjacent to an activating group) is 1. The number of rotatable bonds is 6. The Labute approximate surface area is 98.3 Å². The minimum Gasteiger partial charge on any atom is -0.298 e. The first-order valence-electron chi connectivity index (χ1n) is 5.96. The van der Waals surface area contributed by atoms with Gasteiger partial charge in [0.15, 0.2) is 5.78 Å². The normalized spacial score (nSPS) is 10.8. The molecule has 0 aromatic heterocycles. The zero-order chi connectivity index (χ0) is 12.0. The monoisotopic (exact) mass is 219 g/mol. The van der Waals surface area contributed by atoms with Gasteiger partial charge >= 0.3 is 0 Å². The third-order valence-electron chi connectivity index (χ3n) is 2.94. The number of ketones is 1. The van der Waals surface area contributed by atoms with Gasteiger partial charge < -0.3 is 0 Å². The molecular weight excluding hydrogens is 198 g/mol. The van der Waals surface area contributed by atoms with Crippen molar-refractivity contribution < 1.29 is 4.79 Å². The van der Waals surface area contributed by atoms with E-state index in [0.29, 0.717) is 18.7 Å². The van der Waals surface area contributed by atoms with Gasteiger partial charge in [-0.1, -0.05) is 38.1 Å². The summed E-state index contributed by atoms with van der Waals surface area (Å²) >= 11 is 0. The molecule has 0 saturated heterocycles. The number of carbonyl (C=O) groups excluding carboxylic acids is 1. The Morgan fingerprint density at radius 2 is 1.81 bits per heavy atom. The molecule has 2 heteroatoms. The summed E-state index contributed by atoms with van der Waals surface area (Å²) in [5, 5.41) is 0. The van der Waals surface area contributed by atoms with Gasteiger partial charge in [0.25, 0.3) is 0 Å². The van der Waals surface area contributed by atoms with Crippen LogP contribution in [0.4, 0.5) is 0 Å². The molecule has 16 heavy (non-hydrogen) atoms. The van der Waals surface area contributed by atoms with Crippen LogP contribution in [0.2, 0.25) is 0 Å². The summed E-state index contributed by atoms with van der Waals surface area (Å²) in [5.74, 6) is 0.304. The molecular formula is C14H21NO. The third kappa shape index (κ3) is 3.78. The summed E-state index contributed by atoms with van der Waals surface area (Å²) in [6.07, 6.45) is 0.559. The van der Waals surface area contributed by atoms with E-state index >= 15 is 0 Å². The molecule has 0 spiro atoms. The van der Waals surface area contributed by atoms with Crippen LogP contribution in [0.25, 0.3) is 0 Å². The lowest BCUT2D eigenvalue weighted by atomic mass is 10.0. The standard InChI is InChI=1S/C14H21NO/c1-4-15(5-2)11-14(16)10-13-9-7-6-8-12(13)3/h6-9H,4-5,10-11H2,1-3H3. The molecule has 2 nitrogen and oxygen atoms in total. The zero-order valence-corrected chi connectivity index (χ0v) is 10.5. The van der Waals surface area contributed by atoms with E-state index in [1.165, 1.54) is 5.56 Å². The highest BCUT2D eigenvalue weighted by Crippen LogP contribution is 2.08. The van der Waals surface area contributed by atoms with E-state index in [2.05, 4.69) is 31.7 Å². The Hall–Kier alpha value is -1.15. The van der Waals surface area contributed by atoms with E-state index in [0.717, 1.165) is 18.7 Å². The van der Waals surface area contributed by atoms with E-state index in [4.69, 9.17) is 0 Å². The van der Waals surface area contributed by atoms with Crippen LogP contribution in [0, 0.1) is 6.92 Å². The lowest BCUT2D eigenvalue weighted by Crippen LogP contribution is -2.30. The first-order valence-corrected chi connectivity index (χ1v) is 5.96. The minimum atomic E-state index is 0.304. The van der Waals surface area contributed by atoms with Crippen molar-refractivity contribution in [2.45, 2.75) is 27.2 Å². The molecule has 0 radical (unpaired) electrons. The van der Waals surface area contributed by atoms with Gasteiger partial charge in [-0.15, -0.1) is 0 Å². The summed E-state index contributed by atoms with van der Waals surface area (Å²) in [6.45, 7) is 8.68. The second-order valence-electron chi connectivity index (χ2n) is 4.10. The van der Waals surface area contributed by atoms with E-state index in [1.54, 1.807) is 0 Å². The topological polar surface area (TPSA) is 20.3 Å². The summed E-state index contributed by atoms with van der Waals surface area (Å²) in [6, 6.07) is 8.09. The van der Waals surface area contributed by atoms with Crippen LogP contribution in [0.1, 0.15) is 25.0 Å². The summed E-state index contributed by atoms with van der Waals surface area (Å²) in [7, 11) is 0. The number of Topliss-reactive ketones (excluding diaryl/α,β-unsaturated/α-hetero) is 1. The molecule has 1 aromatic rings. The maximum atomic E-state index is 11.9. The molecule has 1 rings (SSSR count). The van der Waals surface area contributed by atoms with Crippen LogP contribution in [0.15, 0.2) is 24.3 Å². The number of nitrogens with zero attached hydrogens (tertiary/aromatic N) is 1. The van der Waals surface area contributed by atoms with Crippen LogP contribution < -0.4 is 0 Å². The molecule has 0 aliphatic carbocycles. The fourth-order valence-corrected chi connectivity index (χ4v) is 1.77. The van der Waals surface area contributed by atoms with Crippen molar-refractivity contribution in [3.63, 3.8) is 0 Å². The molecule has 0 aliphatic rings. The summed E-state index contributed by atoms with van der Waals surface area (Å²) in [4.78, 5) is 14.0. The molecule has 0 N–H and O–H groups in total. The predicted molar refractivity (Wildman–Crippen MR) is 67.7 cm³/mol. The second kappa shape index (κ2) is 6.44. The lowest BCUT2D eigenvalue weighted by molar-refractivity contribution is -0.119. The van der Waals surface area contributed by atoms with Crippen molar-refractivity contribution >= 4 is 5.78 Å². The van der Waals surface area contributed by atoms with E-state index in [-0.39, 0.29) is 0 Å². The molecule has 0 aliphatic heterocycles. The Balaban J connectivity index is 2.55. The highest BCUT2D eigenvalue weighted by molar-refractivity contribution is 5.83. The van der Waals surface area contributed by atoms with Crippen molar-refractivity contribution in [1.82, 2.24) is 4.90 Å². The quantitative estimate of drug-likeness (QED) is 0.732. The van der Waals surface area contributed by atoms with Gasteiger partial charge in [-0.2, -0.15) is 0 Å². The van der Waals surface area contributed by atoms with E-state index in [9.17, 15) is 4.79 Å². The number of hydrogen-bond acceptors (Lipinski definition) is 2. The molecule has 0 unspecified atom stereocenters. The van der Waals surface area contributed by atoms with Crippen molar-refractivity contribution in [2.75, 3.05) is 19.6 Å². The van der Waals surface area contributed by atoms with Gasteiger partial charge in [0.1, 0.15) is 0 Å². The first-order chi connectivity index (χ1) is 7.67. The number of benzene rings is 1. The summed E-state index contributed by atoms with van der Waals surface area (Å²) < 4.78 is 0. The molecule has 0 heterocycles. The van der Waals surface area contributed by atoms with Crippen LogP contribution in [-0.2, 0) is 11.2 Å². The van der Waals surface area contributed by atoms with Gasteiger partial charge in [0, 0.05) is 6.42 Å². The number of carbonyl (C=O) groups is 1. The van der Waals surface area contributed by atoms with Crippen LogP contribution in [-0.4, -0.2) is 30.3 Å². The average Bonchev–Trinajstić information content (AvgIpc) is 2.29.